The number of benzene rings is 2. The fourth-order valence-electron chi connectivity index (χ4n) is 2.43. The number of hydrogen-bond acceptors (Lipinski definition) is 6. The fraction of sp³-hybridized carbons (Fsp3) is 0.273. The largest absolute Gasteiger partial charge is 0.446 e. The van der Waals surface area contributed by atoms with E-state index in [-0.39, 0.29) is 23.0 Å². The van der Waals surface area contributed by atoms with Crippen LogP contribution in [0.15, 0.2) is 53.5 Å². The summed E-state index contributed by atoms with van der Waals surface area (Å²) in [6.07, 6.45) is 1.60. The normalized spacial score (nSPS) is 12.1. The monoisotopic (exact) mass is 427 g/mol. The highest BCUT2D eigenvalue weighted by atomic mass is 32.2. The van der Waals surface area contributed by atoms with E-state index in [1.807, 2.05) is 13.0 Å². The summed E-state index contributed by atoms with van der Waals surface area (Å²) >= 11 is 1.21. The van der Waals surface area contributed by atoms with Crippen LogP contribution in [0.4, 0.5) is 16.2 Å². The number of amides is 2. The van der Waals surface area contributed by atoms with Crippen LogP contribution < -0.4 is 10.6 Å². The third-order valence-electron chi connectivity index (χ3n) is 4.11. The van der Waals surface area contributed by atoms with Gasteiger partial charge in [0.05, 0.1) is 11.4 Å². The topological polar surface area (TPSA) is 96.9 Å². The minimum Gasteiger partial charge on any atom is -0.446 e. The van der Waals surface area contributed by atoms with Gasteiger partial charge in [-0.15, -0.1) is 0 Å². The Labute approximate surface area is 180 Å². The summed E-state index contributed by atoms with van der Waals surface area (Å²) in [7, 11) is 0. The second-order valence-electron chi connectivity index (χ2n) is 6.48. The Bertz CT molecular complexity index is 945. The molecule has 0 saturated carbocycles. The van der Waals surface area contributed by atoms with Crippen LogP contribution in [0.3, 0.4) is 0 Å². The van der Waals surface area contributed by atoms with Crippen molar-refractivity contribution in [2.45, 2.75) is 33.3 Å². The maximum Gasteiger partial charge on any atom is 0.413 e. The lowest BCUT2D eigenvalue weighted by Gasteiger charge is -2.13. The molecule has 0 aromatic heterocycles. The molecule has 0 saturated heterocycles. The van der Waals surface area contributed by atoms with E-state index in [4.69, 9.17) is 4.74 Å². The van der Waals surface area contributed by atoms with Gasteiger partial charge < -0.3 is 10.1 Å². The first-order valence-corrected chi connectivity index (χ1v) is 10.7. The number of nitrogens with zero attached hydrogens (tertiary/aromatic N) is 1. The summed E-state index contributed by atoms with van der Waals surface area (Å²) in [4.78, 5) is 40.8. The standard InChI is InChI=1S/C22H25N3O4S/c1-5-14(2)29-22(28)25-21(30-4)24-19-13-17(11-12-18(19)23-15(3)26)20(27)16-9-7-6-8-10-16/h6-14H,5H2,1-4H3,(H,23,26)(H,24,25,28). The van der Waals surface area contributed by atoms with Crippen LogP contribution in [0.1, 0.15) is 43.1 Å². The second kappa shape index (κ2) is 11.2. The average molecular weight is 428 g/mol. The van der Waals surface area contributed by atoms with Crippen LogP contribution in [0.2, 0.25) is 0 Å². The fourth-order valence-corrected chi connectivity index (χ4v) is 2.81. The van der Waals surface area contributed by atoms with Crippen LogP contribution in [0, 0.1) is 0 Å². The third kappa shape index (κ3) is 6.73. The van der Waals surface area contributed by atoms with E-state index in [2.05, 4.69) is 15.6 Å². The Morgan fingerprint density at radius 1 is 1.10 bits per heavy atom. The van der Waals surface area contributed by atoms with Crippen molar-refractivity contribution in [1.82, 2.24) is 5.32 Å². The molecule has 0 aliphatic rings. The Morgan fingerprint density at radius 3 is 2.40 bits per heavy atom. The molecule has 0 spiro atoms. The van der Waals surface area contributed by atoms with Gasteiger partial charge in [0, 0.05) is 18.1 Å². The molecule has 2 amide bonds. The predicted octanol–water partition coefficient (Wildman–Crippen LogP) is 4.75. The van der Waals surface area contributed by atoms with Gasteiger partial charge in [-0.2, -0.15) is 0 Å². The number of amidine groups is 1. The number of hydrogen-bond donors (Lipinski definition) is 2. The number of rotatable bonds is 6. The molecule has 8 heteroatoms. The van der Waals surface area contributed by atoms with Crippen molar-refractivity contribution in [2.75, 3.05) is 11.6 Å². The number of aliphatic imine (C=N–C) groups is 1. The first kappa shape index (κ1) is 23.2. The van der Waals surface area contributed by atoms with E-state index in [9.17, 15) is 14.4 Å². The number of anilines is 1. The lowest BCUT2D eigenvalue weighted by molar-refractivity contribution is -0.114. The van der Waals surface area contributed by atoms with Crippen molar-refractivity contribution in [2.24, 2.45) is 4.99 Å². The molecule has 1 unspecified atom stereocenters. The van der Waals surface area contributed by atoms with E-state index in [1.54, 1.807) is 55.6 Å². The molecule has 0 aliphatic heterocycles. The molecule has 0 aliphatic carbocycles. The van der Waals surface area contributed by atoms with E-state index in [0.717, 1.165) is 0 Å². The molecule has 0 bridgehead atoms. The SMILES string of the molecule is CCC(C)OC(=O)NC(=Nc1cc(C(=O)c2ccccc2)ccc1NC(C)=O)SC. The highest BCUT2D eigenvalue weighted by Gasteiger charge is 2.15. The lowest BCUT2D eigenvalue weighted by Crippen LogP contribution is -2.31. The zero-order valence-corrected chi connectivity index (χ0v) is 18.2. The zero-order chi connectivity index (χ0) is 22.1. The van der Waals surface area contributed by atoms with Gasteiger partial charge in [-0.3, -0.25) is 14.9 Å². The number of ether oxygens (including phenoxy) is 1. The Kier molecular flexibility index (Phi) is 8.61. The molecular weight excluding hydrogens is 402 g/mol. The average Bonchev–Trinajstić information content (AvgIpc) is 2.73. The van der Waals surface area contributed by atoms with Crippen molar-refractivity contribution >= 4 is 46.1 Å². The maximum absolute atomic E-state index is 12.8. The van der Waals surface area contributed by atoms with Crippen LogP contribution in [-0.4, -0.2) is 35.3 Å². The number of ketones is 1. The van der Waals surface area contributed by atoms with Crippen molar-refractivity contribution < 1.29 is 19.1 Å². The minimum absolute atomic E-state index is 0.170. The lowest BCUT2D eigenvalue weighted by atomic mass is 10.0. The van der Waals surface area contributed by atoms with Gasteiger partial charge in [0.15, 0.2) is 11.0 Å². The Hall–Kier alpha value is -3.13. The van der Waals surface area contributed by atoms with Gasteiger partial charge in [-0.25, -0.2) is 9.79 Å². The molecule has 2 rings (SSSR count). The summed E-state index contributed by atoms with van der Waals surface area (Å²) in [5.74, 6) is -0.445. The van der Waals surface area contributed by atoms with E-state index in [0.29, 0.717) is 28.9 Å². The summed E-state index contributed by atoms with van der Waals surface area (Å²) in [6, 6.07) is 13.7. The molecule has 30 heavy (non-hydrogen) atoms. The number of carbonyl (C=O) groups is 3. The van der Waals surface area contributed by atoms with Crippen LogP contribution >= 0.6 is 11.8 Å². The van der Waals surface area contributed by atoms with Crippen LogP contribution in [-0.2, 0) is 9.53 Å². The summed E-state index contributed by atoms with van der Waals surface area (Å²) < 4.78 is 5.22. The molecule has 158 valence electrons. The number of thioether (sulfide) groups is 1. The van der Waals surface area contributed by atoms with Gasteiger partial charge in [-0.05, 0) is 37.8 Å². The first-order chi connectivity index (χ1) is 14.3. The minimum atomic E-state index is -0.616. The van der Waals surface area contributed by atoms with Crippen molar-refractivity contribution in [1.29, 1.82) is 0 Å². The van der Waals surface area contributed by atoms with Crippen LogP contribution in [0.5, 0.6) is 0 Å². The number of alkyl carbamates (subject to hydrolysis) is 1. The smallest absolute Gasteiger partial charge is 0.413 e. The maximum atomic E-state index is 12.8. The quantitative estimate of drug-likeness (QED) is 0.394. The van der Waals surface area contributed by atoms with Gasteiger partial charge in [0.1, 0.15) is 6.10 Å². The Morgan fingerprint density at radius 2 is 1.80 bits per heavy atom. The van der Waals surface area contributed by atoms with Crippen LogP contribution in [0.25, 0.3) is 0 Å². The van der Waals surface area contributed by atoms with Crippen molar-refractivity contribution in [3.8, 4) is 0 Å². The predicted molar refractivity (Wildman–Crippen MR) is 121 cm³/mol. The Balaban J connectivity index is 2.38. The molecule has 7 nitrogen and oxygen atoms in total. The van der Waals surface area contributed by atoms with Gasteiger partial charge in [-0.1, -0.05) is 49.0 Å². The molecule has 2 aromatic rings. The number of nitrogens with one attached hydrogen (secondary N) is 2. The van der Waals surface area contributed by atoms with Crippen molar-refractivity contribution in [3.63, 3.8) is 0 Å². The van der Waals surface area contributed by atoms with Gasteiger partial charge >= 0.3 is 6.09 Å². The summed E-state index contributed by atoms with van der Waals surface area (Å²) in [5, 5.41) is 5.57. The highest BCUT2D eigenvalue weighted by molar-refractivity contribution is 8.13. The van der Waals surface area contributed by atoms with Gasteiger partial charge in [0.2, 0.25) is 5.91 Å². The zero-order valence-electron chi connectivity index (χ0n) is 17.4. The summed E-state index contributed by atoms with van der Waals surface area (Å²) in [5.41, 5.74) is 1.73. The summed E-state index contributed by atoms with van der Waals surface area (Å²) in [6.45, 7) is 5.09. The molecule has 0 heterocycles. The molecule has 2 N–H and O–H groups in total. The van der Waals surface area contributed by atoms with E-state index < -0.39 is 6.09 Å². The van der Waals surface area contributed by atoms with Crippen molar-refractivity contribution in [3.05, 3.63) is 59.7 Å². The van der Waals surface area contributed by atoms with E-state index in [1.165, 1.54) is 18.7 Å². The van der Waals surface area contributed by atoms with E-state index >= 15 is 0 Å². The van der Waals surface area contributed by atoms with Gasteiger partial charge in [0.25, 0.3) is 0 Å². The molecular formula is C22H25N3O4S. The molecule has 1 atom stereocenters. The third-order valence-corrected chi connectivity index (χ3v) is 4.69. The second-order valence-corrected chi connectivity index (χ2v) is 7.27. The number of carbonyl (C=O) groups excluding carboxylic acids is 3. The molecule has 0 radical (unpaired) electrons. The highest BCUT2D eigenvalue weighted by Crippen LogP contribution is 2.28. The first-order valence-electron chi connectivity index (χ1n) is 9.45. The molecule has 0 fully saturated rings. The molecule has 2 aromatic carbocycles.